The molecule has 2 fully saturated rings. The Morgan fingerprint density at radius 3 is 2.61 bits per heavy atom. The molecule has 2 aliphatic rings. The largest absolute Gasteiger partial charge is 0.443 e. The Morgan fingerprint density at radius 2 is 1.91 bits per heavy atom. The second-order valence-electron chi connectivity index (χ2n) is 6.88. The summed E-state index contributed by atoms with van der Waals surface area (Å²) in [5, 5.41) is 1.50. The fourth-order valence-electron chi connectivity index (χ4n) is 3.71. The van der Waals surface area contributed by atoms with Crippen LogP contribution in [0.1, 0.15) is 51.5 Å². The van der Waals surface area contributed by atoms with Gasteiger partial charge in [-0.05, 0) is 44.6 Å². The molecule has 0 N–H and O–H groups in total. The van der Waals surface area contributed by atoms with Crippen LogP contribution in [0.3, 0.4) is 0 Å². The van der Waals surface area contributed by atoms with Gasteiger partial charge in [-0.25, -0.2) is 4.79 Å². The summed E-state index contributed by atoms with van der Waals surface area (Å²) >= 11 is 0. The van der Waals surface area contributed by atoms with Crippen molar-refractivity contribution in [2.45, 2.75) is 70.6 Å². The molecule has 1 aliphatic carbocycles. The van der Waals surface area contributed by atoms with Gasteiger partial charge in [-0.3, -0.25) is 4.84 Å². The zero-order chi connectivity index (χ0) is 16.2. The number of hydrogen-bond donors (Lipinski definition) is 0. The minimum Gasteiger partial charge on any atom is -0.443 e. The summed E-state index contributed by atoms with van der Waals surface area (Å²) in [6, 6.07) is 10.1. The van der Waals surface area contributed by atoms with Crippen molar-refractivity contribution in [3.05, 3.63) is 35.9 Å². The maximum atomic E-state index is 12.2. The zero-order valence-electron chi connectivity index (χ0n) is 14.1. The van der Waals surface area contributed by atoms with E-state index < -0.39 is 0 Å². The summed E-state index contributed by atoms with van der Waals surface area (Å²) in [6.45, 7) is 4.03. The highest BCUT2D eigenvalue weighted by Gasteiger charge is 2.42. The maximum absolute atomic E-state index is 12.2. The summed E-state index contributed by atoms with van der Waals surface area (Å²) in [7, 11) is 0. The standard InChI is InChI=1S/C19H27NO3/c1-14(17-11-7-4-8-12-17)23-20-18(15(2)22-19(20)21)13-16-9-5-3-6-10-16/h3,5-6,9-10,14-15,17-18H,4,7-8,11-13H2,1-2H3. The third-order valence-electron chi connectivity index (χ3n) is 5.19. The minimum absolute atomic E-state index is 0.0593. The van der Waals surface area contributed by atoms with E-state index in [4.69, 9.17) is 9.57 Å². The molecule has 0 aromatic heterocycles. The number of rotatable bonds is 5. The van der Waals surface area contributed by atoms with Crippen LogP contribution in [-0.2, 0) is 16.0 Å². The molecule has 3 rings (SSSR count). The van der Waals surface area contributed by atoms with Crippen molar-refractivity contribution >= 4 is 6.09 Å². The van der Waals surface area contributed by atoms with Gasteiger partial charge in [-0.15, -0.1) is 0 Å². The number of hydroxylamine groups is 2. The molecule has 1 amide bonds. The monoisotopic (exact) mass is 317 g/mol. The molecule has 4 nitrogen and oxygen atoms in total. The van der Waals surface area contributed by atoms with Crippen molar-refractivity contribution in [2.75, 3.05) is 0 Å². The van der Waals surface area contributed by atoms with E-state index in [-0.39, 0.29) is 24.3 Å². The van der Waals surface area contributed by atoms with Crippen LogP contribution < -0.4 is 0 Å². The number of carbonyl (C=O) groups is 1. The molecule has 0 radical (unpaired) electrons. The van der Waals surface area contributed by atoms with Crippen molar-refractivity contribution in [1.29, 1.82) is 0 Å². The Kier molecular flexibility index (Phi) is 5.21. The highest BCUT2D eigenvalue weighted by Crippen LogP contribution is 2.31. The number of ether oxygens (including phenoxy) is 1. The summed E-state index contributed by atoms with van der Waals surface area (Å²) in [6.07, 6.45) is 6.58. The predicted molar refractivity (Wildman–Crippen MR) is 88.8 cm³/mol. The van der Waals surface area contributed by atoms with E-state index in [9.17, 15) is 4.79 Å². The van der Waals surface area contributed by atoms with Crippen LogP contribution >= 0.6 is 0 Å². The van der Waals surface area contributed by atoms with Crippen LogP contribution in [-0.4, -0.2) is 29.4 Å². The molecular formula is C19H27NO3. The van der Waals surface area contributed by atoms with Gasteiger partial charge < -0.3 is 4.74 Å². The molecule has 23 heavy (non-hydrogen) atoms. The highest BCUT2D eigenvalue weighted by atomic mass is 16.8. The molecule has 1 heterocycles. The molecule has 3 unspecified atom stereocenters. The molecule has 0 bridgehead atoms. The lowest BCUT2D eigenvalue weighted by molar-refractivity contribution is -0.185. The Balaban J connectivity index is 1.66. The van der Waals surface area contributed by atoms with Crippen molar-refractivity contribution < 1.29 is 14.4 Å². The van der Waals surface area contributed by atoms with Gasteiger partial charge in [0.1, 0.15) is 12.1 Å². The second-order valence-corrected chi connectivity index (χ2v) is 6.88. The normalized spacial score (nSPS) is 27.0. The molecular weight excluding hydrogens is 290 g/mol. The van der Waals surface area contributed by atoms with Gasteiger partial charge in [0.15, 0.2) is 0 Å². The van der Waals surface area contributed by atoms with Crippen molar-refractivity contribution in [1.82, 2.24) is 5.06 Å². The Hall–Kier alpha value is -1.55. The average molecular weight is 317 g/mol. The first-order valence-corrected chi connectivity index (χ1v) is 8.85. The molecule has 4 heteroatoms. The van der Waals surface area contributed by atoms with E-state index in [1.807, 2.05) is 25.1 Å². The SMILES string of the molecule is CC(ON1C(=O)OC(C)C1Cc1ccccc1)C1CCCCC1. The van der Waals surface area contributed by atoms with Crippen LogP contribution in [0.5, 0.6) is 0 Å². The Bertz CT molecular complexity index is 513. The van der Waals surface area contributed by atoms with Gasteiger partial charge in [0, 0.05) is 0 Å². The first-order chi connectivity index (χ1) is 11.1. The molecule has 1 aromatic carbocycles. The van der Waals surface area contributed by atoms with Crippen LogP contribution in [0, 0.1) is 5.92 Å². The van der Waals surface area contributed by atoms with Crippen LogP contribution in [0.15, 0.2) is 30.3 Å². The third-order valence-corrected chi connectivity index (χ3v) is 5.19. The van der Waals surface area contributed by atoms with E-state index in [1.165, 1.54) is 42.7 Å². The van der Waals surface area contributed by atoms with E-state index in [2.05, 4.69) is 19.1 Å². The fourth-order valence-corrected chi connectivity index (χ4v) is 3.71. The third kappa shape index (κ3) is 3.86. The Morgan fingerprint density at radius 1 is 1.22 bits per heavy atom. The van der Waals surface area contributed by atoms with Gasteiger partial charge in [0.25, 0.3) is 0 Å². The number of nitrogens with zero attached hydrogens (tertiary/aromatic N) is 1. The Labute approximate surface area is 138 Å². The first-order valence-electron chi connectivity index (χ1n) is 8.85. The van der Waals surface area contributed by atoms with Crippen LogP contribution in [0.2, 0.25) is 0 Å². The molecule has 1 saturated carbocycles. The smallest absolute Gasteiger partial charge is 0.434 e. The lowest BCUT2D eigenvalue weighted by Crippen LogP contribution is -2.41. The van der Waals surface area contributed by atoms with Gasteiger partial charge >= 0.3 is 6.09 Å². The quantitative estimate of drug-likeness (QED) is 0.811. The predicted octanol–water partition coefficient (Wildman–Crippen LogP) is 4.34. The molecule has 1 aromatic rings. The summed E-state index contributed by atoms with van der Waals surface area (Å²) in [4.78, 5) is 18.3. The average Bonchev–Trinajstić information content (AvgIpc) is 2.83. The molecule has 0 spiro atoms. The van der Waals surface area contributed by atoms with Gasteiger partial charge in [-0.2, -0.15) is 5.06 Å². The number of carbonyl (C=O) groups excluding carboxylic acids is 1. The topological polar surface area (TPSA) is 38.8 Å². The van der Waals surface area contributed by atoms with Gasteiger partial charge in [0.2, 0.25) is 0 Å². The van der Waals surface area contributed by atoms with E-state index >= 15 is 0 Å². The number of amides is 1. The van der Waals surface area contributed by atoms with E-state index in [1.54, 1.807) is 0 Å². The summed E-state index contributed by atoms with van der Waals surface area (Å²) in [5.41, 5.74) is 1.20. The maximum Gasteiger partial charge on any atom is 0.434 e. The van der Waals surface area contributed by atoms with Gasteiger partial charge in [0.05, 0.1) is 6.10 Å². The lowest BCUT2D eigenvalue weighted by Gasteiger charge is -2.31. The second kappa shape index (κ2) is 7.35. The first kappa shape index (κ1) is 16.3. The van der Waals surface area contributed by atoms with Crippen molar-refractivity contribution in [3.63, 3.8) is 0 Å². The van der Waals surface area contributed by atoms with E-state index in [0.29, 0.717) is 5.92 Å². The molecule has 3 atom stereocenters. The summed E-state index contributed by atoms with van der Waals surface area (Å²) in [5.74, 6) is 0.546. The number of hydrogen-bond acceptors (Lipinski definition) is 3. The number of cyclic esters (lactones) is 1. The van der Waals surface area contributed by atoms with Crippen molar-refractivity contribution in [2.24, 2.45) is 5.92 Å². The molecule has 1 saturated heterocycles. The minimum atomic E-state index is -0.346. The highest BCUT2D eigenvalue weighted by molar-refractivity contribution is 5.69. The lowest BCUT2D eigenvalue weighted by atomic mass is 9.86. The number of benzene rings is 1. The van der Waals surface area contributed by atoms with E-state index in [0.717, 1.165) is 6.42 Å². The fraction of sp³-hybridized carbons (Fsp3) is 0.632. The zero-order valence-corrected chi connectivity index (χ0v) is 14.1. The molecule has 126 valence electrons. The van der Waals surface area contributed by atoms with Crippen LogP contribution in [0.4, 0.5) is 4.79 Å². The molecule has 1 aliphatic heterocycles. The van der Waals surface area contributed by atoms with Gasteiger partial charge in [-0.1, -0.05) is 49.6 Å². The summed E-state index contributed by atoms with van der Waals surface area (Å²) < 4.78 is 5.41. The van der Waals surface area contributed by atoms with Crippen LogP contribution in [0.25, 0.3) is 0 Å². The van der Waals surface area contributed by atoms with Crippen molar-refractivity contribution in [3.8, 4) is 0 Å².